The smallest absolute Gasteiger partial charge is 0.294 e. The first-order valence-corrected chi connectivity index (χ1v) is 10.7. The van der Waals surface area contributed by atoms with Crippen molar-refractivity contribution in [3.8, 4) is 6.07 Å². The molecule has 1 fully saturated rings. The number of nitriles is 1. The van der Waals surface area contributed by atoms with Crippen LogP contribution < -0.4 is 10.6 Å². The number of ketones is 1. The maximum atomic E-state index is 13.6. The summed E-state index contributed by atoms with van der Waals surface area (Å²) >= 11 is 0. The Morgan fingerprint density at radius 3 is 2.48 bits per heavy atom. The molecule has 33 heavy (non-hydrogen) atoms. The first-order valence-electron chi connectivity index (χ1n) is 10.7. The van der Waals surface area contributed by atoms with Crippen molar-refractivity contribution >= 4 is 23.3 Å². The topological polar surface area (TPSA) is 124 Å². The molecule has 2 aromatic rings. The molecule has 0 bridgehead atoms. The van der Waals surface area contributed by atoms with Gasteiger partial charge in [-0.15, -0.1) is 0 Å². The van der Waals surface area contributed by atoms with Gasteiger partial charge in [0.05, 0.1) is 22.9 Å². The molecule has 0 unspecified atom stereocenters. The highest BCUT2D eigenvalue weighted by Gasteiger charge is 2.35. The summed E-state index contributed by atoms with van der Waals surface area (Å²) in [5.41, 5.74) is 0.607. The van der Waals surface area contributed by atoms with Crippen LogP contribution in [0.25, 0.3) is 0 Å². The second-order valence-electron chi connectivity index (χ2n) is 8.83. The normalized spacial score (nSPS) is 20.1. The Morgan fingerprint density at radius 2 is 1.88 bits per heavy atom. The second-order valence-corrected chi connectivity index (χ2v) is 8.83. The Labute approximate surface area is 191 Å². The Kier molecular flexibility index (Phi) is 6.70. The molecule has 8 nitrogen and oxygen atoms in total. The van der Waals surface area contributed by atoms with Gasteiger partial charge in [0.15, 0.2) is 0 Å². The predicted octanol–water partition coefficient (Wildman–Crippen LogP) is 2.90. The van der Waals surface area contributed by atoms with E-state index in [1.54, 1.807) is 27.0 Å². The van der Waals surface area contributed by atoms with Crippen molar-refractivity contribution in [2.24, 2.45) is 7.05 Å². The van der Waals surface area contributed by atoms with Crippen molar-refractivity contribution in [1.82, 2.24) is 9.88 Å². The standard InChI is InChI=1S/C24H27FN4O4/c1-13-19(22(32)27-16-5-6-18(25)15(11-16)12-26)14(2)29(4)20(13)21(31)23(33)28-24(3)9-7-17(30)8-10-24/h5-6,11,17,30H,7-10H2,1-4H3,(H,27,32)(H,28,33)/t17-,24-. The SMILES string of the molecule is Cc1c(C(=O)Nc2ccc(F)c(C#N)c2)c(C)n(C)c1C(=O)C(=O)N[C@]1(C)CC[C@@H](O)CC1. The number of Topliss-reactive ketones (excluding diaryl/α,β-unsaturated/α-hetero) is 1. The summed E-state index contributed by atoms with van der Waals surface area (Å²) in [5, 5.41) is 24.1. The Balaban J connectivity index is 1.84. The van der Waals surface area contributed by atoms with Gasteiger partial charge in [-0.1, -0.05) is 0 Å². The van der Waals surface area contributed by atoms with E-state index in [1.807, 2.05) is 6.92 Å². The number of nitrogens with one attached hydrogen (secondary N) is 2. The zero-order chi connectivity index (χ0) is 24.5. The summed E-state index contributed by atoms with van der Waals surface area (Å²) in [7, 11) is 1.60. The number of carbonyl (C=O) groups excluding carboxylic acids is 3. The van der Waals surface area contributed by atoms with Crippen molar-refractivity contribution in [3.63, 3.8) is 0 Å². The van der Waals surface area contributed by atoms with Crippen LogP contribution in [0.15, 0.2) is 18.2 Å². The maximum absolute atomic E-state index is 13.6. The number of carbonyl (C=O) groups is 3. The van der Waals surface area contributed by atoms with Gasteiger partial charge in [-0.3, -0.25) is 14.4 Å². The van der Waals surface area contributed by atoms with Crippen molar-refractivity contribution in [2.45, 2.75) is 58.1 Å². The molecule has 0 spiro atoms. The number of rotatable bonds is 5. The predicted molar refractivity (Wildman–Crippen MR) is 119 cm³/mol. The number of anilines is 1. The van der Waals surface area contributed by atoms with E-state index < -0.39 is 35.1 Å². The van der Waals surface area contributed by atoms with Gasteiger partial charge in [0, 0.05) is 24.0 Å². The van der Waals surface area contributed by atoms with E-state index in [0.29, 0.717) is 36.9 Å². The number of aliphatic hydroxyl groups excluding tert-OH is 1. The quantitative estimate of drug-likeness (QED) is 0.473. The van der Waals surface area contributed by atoms with Crippen LogP contribution in [0, 0.1) is 31.0 Å². The van der Waals surface area contributed by atoms with Crippen LogP contribution in [0.2, 0.25) is 0 Å². The molecular weight excluding hydrogens is 427 g/mol. The lowest BCUT2D eigenvalue weighted by Gasteiger charge is -2.36. The van der Waals surface area contributed by atoms with Crippen LogP contribution >= 0.6 is 0 Å². The van der Waals surface area contributed by atoms with Gasteiger partial charge >= 0.3 is 0 Å². The third kappa shape index (κ3) is 4.81. The fourth-order valence-electron chi connectivity index (χ4n) is 4.32. The van der Waals surface area contributed by atoms with E-state index in [2.05, 4.69) is 10.6 Å². The highest BCUT2D eigenvalue weighted by molar-refractivity contribution is 6.43. The average molecular weight is 455 g/mol. The summed E-state index contributed by atoms with van der Waals surface area (Å²) in [5.74, 6) is -2.74. The summed E-state index contributed by atoms with van der Waals surface area (Å²) in [6, 6.07) is 5.36. The molecule has 174 valence electrons. The van der Waals surface area contributed by atoms with Gasteiger partial charge < -0.3 is 20.3 Å². The third-order valence-electron chi connectivity index (χ3n) is 6.40. The first kappa shape index (κ1) is 24.1. The molecule has 0 radical (unpaired) electrons. The first-order chi connectivity index (χ1) is 15.5. The molecule has 0 atom stereocenters. The lowest BCUT2D eigenvalue weighted by atomic mass is 9.82. The fourth-order valence-corrected chi connectivity index (χ4v) is 4.32. The van der Waals surface area contributed by atoms with Crippen molar-refractivity contribution in [2.75, 3.05) is 5.32 Å². The molecule has 1 aromatic heterocycles. The number of halogens is 1. The van der Waals surface area contributed by atoms with E-state index in [1.165, 1.54) is 16.7 Å². The number of hydrogen-bond donors (Lipinski definition) is 3. The molecule has 2 amide bonds. The number of aliphatic hydroxyl groups is 1. The highest BCUT2D eigenvalue weighted by Crippen LogP contribution is 2.29. The summed E-state index contributed by atoms with van der Waals surface area (Å²) in [6.45, 7) is 5.10. The number of nitrogens with zero attached hydrogens (tertiary/aromatic N) is 2. The van der Waals surface area contributed by atoms with Crippen molar-refractivity contribution in [3.05, 3.63) is 52.1 Å². The van der Waals surface area contributed by atoms with Crippen LogP contribution in [-0.2, 0) is 11.8 Å². The Hall–Kier alpha value is -3.51. The fraction of sp³-hybridized carbons (Fsp3) is 0.417. The zero-order valence-electron chi connectivity index (χ0n) is 19.1. The minimum atomic E-state index is -0.762. The highest BCUT2D eigenvalue weighted by atomic mass is 19.1. The largest absolute Gasteiger partial charge is 0.393 e. The summed E-state index contributed by atoms with van der Waals surface area (Å²) < 4.78 is 15.1. The summed E-state index contributed by atoms with van der Waals surface area (Å²) in [6.07, 6.45) is 1.83. The summed E-state index contributed by atoms with van der Waals surface area (Å²) in [4.78, 5) is 38.8. The molecule has 1 aromatic carbocycles. The van der Waals surface area contributed by atoms with Gasteiger partial charge in [-0.05, 0) is 70.2 Å². The lowest BCUT2D eigenvalue weighted by Crippen LogP contribution is -2.51. The van der Waals surface area contributed by atoms with Crippen LogP contribution in [0.1, 0.15) is 70.3 Å². The molecule has 0 aliphatic heterocycles. The maximum Gasteiger partial charge on any atom is 0.294 e. The van der Waals surface area contributed by atoms with Crippen LogP contribution in [-0.4, -0.2) is 38.9 Å². The molecular formula is C24H27FN4O4. The number of amides is 2. The Morgan fingerprint density at radius 1 is 1.24 bits per heavy atom. The number of hydrogen-bond acceptors (Lipinski definition) is 5. The minimum Gasteiger partial charge on any atom is -0.393 e. The van der Waals surface area contributed by atoms with Gasteiger partial charge in [-0.2, -0.15) is 5.26 Å². The van der Waals surface area contributed by atoms with Crippen molar-refractivity contribution in [1.29, 1.82) is 5.26 Å². The van der Waals surface area contributed by atoms with Crippen LogP contribution in [0.5, 0.6) is 0 Å². The molecule has 1 heterocycles. The second kappa shape index (κ2) is 9.16. The number of benzene rings is 1. The molecule has 3 N–H and O–H groups in total. The van der Waals surface area contributed by atoms with Crippen LogP contribution in [0.4, 0.5) is 10.1 Å². The van der Waals surface area contributed by atoms with E-state index in [9.17, 15) is 23.9 Å². The zero-order valence-corrected chi connectivity index (χ0v) is 19.1. The molecule has 3 rings (SSSR count). The molecule has 1 aliphatic rings. The third-order valence-corrected chi connectivity index (χ3v) is 6.40. The van der Waals surface area contributed by atoms with Gasteiger partial charge in [0.25, 0.3) is 17.6 Å². The molecule has 1 aliphatic carbocycles. The van der Waals surface area contributed by atoms with Gasteiger partial charge in [-0.25, -0.2) is 4.39 Å². The van der Waals surface area contributed by atoms with E-state index in [4.69, 9.17) is 5.26 Å². The molecule has 1 saturated carbocycles. The molecule has 9 heteroatoms. The average Bonchev–Trinajstić information content (AvgIpc) is 2.99. The van der Waals surface area contributed by atoms with Crippen molar-refractivity contribution < 1.29 is 23.9 Å². The van der Waals surface area contributed by atoms with E-state index >= 15 is 0 Å². The number of aromatic nitrogens is 1. The Bertz CT molecular complexity index is 1170. The van der Waals surface area contributed by atoms with Gasteiger partial charge in [0.2, 0.25) is 0 Å². The lowest BCUT2D eigenvalue weighted by molar-refractivity contribution is -0.119. The van der Waals surface area contributed by atoms with Crippen LogP contribution in [0.3, 0.4) is 0 Å². The van der Waals surface area contributed by atoms with Gasteiger partial charge in [0.1, 0.15) is 11.9 Å². The van der Waals surface area contributed by atoms with E-state index in [-0.39, 0.29) is 22.5 Å². The van der Waals surface area contributed by atoms with E-state index in [0.717, 1.165) is 6.07 Å². The molecule has 0 saturated heterocycles. The monoisotopic (exact) mass is 454 g/mol. The minimum absolute atomic E-state index is 0.103.